The van der Waals surface area contributed by atoms with Gasteiger partial charge in [0.1, 0.15) is 18.2 Å². The molecule has 4 atom stereocenters. The molecule has 3 heterocycles. The van der Waals surface area contributed by atoms with Gasteiger partial charge in [0.25, 0.3) is 11.8 Å². The summed E-state index contributed by atoms with van der Waals surface area (Å²) in [7, 11) is 1.51. The normalized spacial score (nSPS) is 22.9. The molecule has 4 unspecified atom stereocenters. The van der Waals surface area contributed by atoms with Crippen LogP contribution in [0.4, 0.5) is 5.69 Å². The van der Waals surface area contributed by atoms with Gasteiger partial charge >= 0.3 is 0 Å². The van der Waals surface area contributed by atoms with E-state index in [4.69, 9.17) is 4.74 Å². The van der Waals surface area contributed by atoms with Crippen molar-refractivity contribution in [3.05, 3.63) is 29.8 Å². The van der Waals surface area contributed by atoms with Crippen LogP contribution >= 0.6 is 0 Å². The summed E-state index contributed by atoms with van der Waals surface area (Å²) < 4.78 is 5.52. The Kier molecular flexibility index (Phi) is 9.19. The van der Waals surface area contributed by atoms with Gasteiger partial charge in [0.05, 0.1) is 12.6 Å². The molecular formula is C30H45N5O5. The van der Waals surface area contributed by atoms with Crippen LogP contribution in [0.5, 0.6) is 0 Å². The van der Waals surface area contributed by atoms with Crippen molar-refractivity contribution in [3.8, 4) is 0 Å². The van der Waals surface area contributed by atoms with Gasteiger partial charge in [-0.3, -0.25) is 19.2 Å². The van der Waals surface area contributed by atoms with E-state index in [1.807, 2.05) is 46.8 Å². The summed E-state index contributed by atoms with van der Waals surface area (Å²) in [6, 6.07) is 5.63. The van der Waals surface area contributed by atoms with Gasteiger partial charge in [-0.2, -0.15) is 0 Å². The number of hydrogen-bond donors (Lipinski definition) is 2. The summed E-state index contributed by atoms with van der Waals surface area (Å²) >= 11 is 0. The maximum Gasteiger partial charge on any atom is 0.252 e. The zero-order chi connectivity index (χ0) is 29.2. The first kappa shape index (κ1) is 30.0. The molecule has 10 heteroatoms. The van der Waals surface area contributed by atoms with E-state index in [0.29, 0.717) is 24.9 Å². The van der Waals surface area contributed by atoms with Gasteiger partial charge in [0, 0.05) is 51.1 Å². The van der Waals surface area contributed by atoms with Crippen LogP contribution in [-0.4, -0.2) is 104 Å². The summed E-state index contributed by atoms with van der Waals surface area (Å²) in [5.74, 6) is -0.806. The van der Waals surface area contributed by atoms with Crippen LogP contribution in [0.15, 0.2) is 24.3 Å². The molecule has 220 valence electrons. The zero-order valence-electron chi connectivity index (χ0n) is 24.7. The maximum atomic E-state index is 13.8. The molecule has 4 rings (SSSR count). The Balaban J connectivity index is 1.46. The minimum atomic E-state index is -0.766. The smallest absolute Gasteiger partial charge is 0.252 e. The van der Waals surface area contributed by atoms with E-state index in [-0.39, 0.29) is 42.0 Å². The molecule has 0 saturated carbocycles. The molecule has 0 radical (unpaired) electrons. The molecule has 0 aromatic heterocycles. The summed E-state index contributed by atoms with van der Waals surface area (Å²) in [6.45, 7) is 13.8. The molecule has 2 N–H and O–H groups in total. The molecule has 3 amide bonds. The monoisotopic (exact) mass is 555 g/mol. The maximum absolute atomic E-state index is 13.8. The van der Waals surface area contributed by atoms with Crippen molar-refractivity contribution in [1.29, 1.82) is 0 Å². The van der Waals surface area contributed by atoms with E-state index < -0.39 is 23.6 Å². The second-order valence-corrected chi connectivity index (χ2v) is 12.7. The number of nitrogens with zero attached hydrogens (tertiary/aromatic N) is 3. The van der Waals surface area contributed by atoms with E-state index >= 15 is 0 Å². The highest BCUT2D eigenvalue weighted by molar-refractivity contribution is 6.01. The van der Waals surface area contributed by atoms with Crippen molar-refractivity contribution in [2.24, 2.45) is 11.3 Å². The third-order valence-corrected chi connectivity index (χ3v) is 8.16. The molecule has 1 aromatic rings. The van der Waals surface area contributed by atoms with Crippen molar-refractivity contribution < 1.29 is 23.9 Å². The van der Waals surface area contributed by atoms with E-state index in [1.165, 1.54) is 7.11 Å². The average Bonchev–Trinajstić information content (AvgIpc) is 3.49. The lowest BCUT2D eigenvalue weighted by atomic mass is 9.88. The fraction of sp³-hybridized carbons (Fsp3) is 0.667. The van der Waals surface area contributed by atoms with Crippen LogP contribution < -0.4 is 15.5 Å². The number of piperazine rings is 1. The van der Waals surface area contributed by atoms with E-state index in [0.717, 1.165) is 31.9 Å². The standard InChI is InChI=1S/C30H45N5O5/c1-19(2)17-22(32-27(37)20-7-9-21(10-8-20)33-15-12-31-13-16-33)28(38)34-14-11-23-25(34)24(36)18-35(23)29(39)26(40-6)30(3,4)5/h7-10,19,22-23,25-26,31H,11-18H2,1-6H3,(H,32,37). The molecule has 0 aliphatic carbocycles. The lowest BCUT2D eigenvalue weighted by molar-refractivity contribution is -0.150. The van der Waals surface area contributed by atoms with Gasteiger partial charge in [-0.15, -0.1) is 0 Å². The number of amides is 3. The summed E-state index contributed by atoms with van der Waals surface area (Å²) in [4.78, 5) is 59.1. The van der Waals surface area contributed by atoms with Crippen LogP contribution in [0.1, 0.15) is 57.8 Å². The lowest BCUT2D eigenvalue weighted by Gasteiger charge is -2.33. The number of ketones is 1. The number of anilines is 1. The molecular weight excluding hydrogens is 510 g/mol. The number of nitrogens with one attached hydrogen (secondary N) is 2. The number of fused-ring (bicyclic) bond motifs is 1. The molecule has 3 fully saturated rings. The van der Waals surface area contributed by atoms with Crippen molar-refractivity contribution >= 4 is 29.2 Å². The average molecular weight is 556 g/mol. The predicted molar refractivity (Wildman–Crippen MR) is 153 cm³/mol. The molecule has 1 aromatic carbocycles. The second kappa shape index (κ2) is 12.3. The fourth-order valence-corrected chi connectivity index (χ4v) is 6.21. The Bertz CT molecular complexity index is 1090. The molecule has 10 nitrogen and oxygen atoms in total. The highest BCUT2D eigenvalue weighted by Crippen LogP contribution is 2.33. The Hall–Kier alpha value is -2.98. The number of ether oxygens (including phenoxy) is 1. The van der Waals surface area contributed by atoms with Crippen LogP contribution in [0, 0.1) is 11.3 Å². The Morgan fingerprint density at radius 3 is 2.25 bits per heavy atom. The van der Waals surface area contributed by atoms with Crippen molar-refractivity contribution in [2.75, 3.05) is 51.3 Å². The Morgan fingerprint density at radius 1 is 1.02 bits per heavy atom. The van der Waals surface area contributed by atoms with Crippen molar-refractivity contribution in [3.63, 3.8) is 0 Å². The quantitative estimate of drug-likeness (QED) is 0.502. The second-order valence-electron chi connectivity index (χ2n) is 12.7. The van der Waals surface area contributed by atoms with E-state index in [1.54, 1.807) is 21.9 Å². The number of carbonyl (C=O) groups is 4. The number of Topliss-reactive ketones (excluding diaryl/α,β-unsaturated/α-hetero) is 1. The number of benzene rings is 1. The van der Waals surface area contributed by atoms with Gasteiger partial charge in [-0.05, 0) is 48.4 Å². The lowest BCUT2D eigenvalue weighted by Crippen LogP contribution is -2.53. The van der Waals surface area contributed by atoms with Crippen molar-refractivity contribution in [1.82, 2.24) is 20.4 Å². The van der Waals surface area contributed by atoms with Gasteiger partial charge in [-0.1, -0.05) is 34.6 Å². The minimum Gasteiger partial charge on any atom is -0.371 e. The SMILES string of the molecule is COC(C(=O)N1CC(=O)C2C1CCN2C(=O)C(CC(C)C)NC(=O)c1ccc(N2CCNCC2)cc1)C(C)(C)C. The predicted octanol–water partition coefficient (Wildman–Crippen LogP) is 1.68. The summed E-state index contributed by atoms with van der Waals surface area (Å²) in [6.07, 6.45) is 0.281. The Morgan fingerprint density at radius 2 is 1.68 bits per heavy atom. The molecule has 3 aliphatic rings. The molecule has 0 spiro atoms. The Labute approximate surface area is 237 Å². The van der Waals surface area contributed by atoms with E-state index in [2.05, 4.69) is 15.5 Å². The number of carbonyl (C=O) groups excluding carboxylic acids is 4. The number of rotatable bonds is 8. The third-order valence-electron chi connectivity index (χ3n) is 8.16. The minimum absolute atomic E-state index is 0.0332. The number of methoxy groups -OCH3 is 1. The number of likely N-dealkylation sites (tertiary alicyclic amines) is 2. The largest absolute Gasteiger partial charge is 0.371 e. The van der Waals surface area contributed by atoms with E-state index in [9.17, 15) is 19.2 Å². The van der Waals surface area contributed by atoms with Crippen LogP contribution in [0.3, 0.4) is 0 Å². The first-order chi connectivity index (χ1) is 18.9. The summed E-state index contributed by atoms with van der Waals surface area (Å²) in [5.41, 5.74) is 1.12. The third kappa shape index (κ3) is 6.33. The van der Waals surface area contributed by atoms with Crippen LogP contribution in [0.25, 0.3) is 0 Å². The molecule has 3 saturated heterocycles. The number of hydrogen-bond acceptors (Lipinski definition) is 7. The van der Waals surface area contributed by atoms with Gasteiger partial charge < -0.3 is 30.1 Å². The summed E-state index contributed by atoms with van der Waals surface area (Å²) in [5, 5.41) is 6.29. The molecule has 40 heavy (non-hydrogen) atoms. The first-order valence-corrected chi connectivity index (χ1v) is 14.5. The highest BCUT2D eigenvalue weighted by Gasteiger charge is 2.53. The first-order valence-electron chi connectivity index (χ1n) is 14.5. The molecule has 3 aliphatic heterocycles. The highest BCUT2D eigenvalue weighted by atomic mass is 16.5. The molecule has 0 bridgehead atoms. The fourth-order valence-electron chi connectivity index (χ4n) is 6.21. The van der Waals surface area contributed by atoms with Crippen LogP contribution in [-0.2, 0) is 19.1 Å². The topological polar surface area (TPSA) is 111 Å². The van der Waals surface area contributed by atoms with Crippen LogP contribution in [0.2, 0.25) is 0 Å². The van der Waals surface area contributed by atoms with Gasteiger partial charge in [0.15, 0.2) is 5.78 Å². The van der Waals surface area contributed by atoms with Gasteiger partial charge in [-0.25, -0.2) is 0 Å². The zero-order valence-corrected chi connectivity index (χ0v) is 24.7. The van der Waals surface area contributed by atoms with Gasteiger partial charge in [0.2, 0.25) is 5.91 Å². The van der Waals surface area contributed by atoms with Crippen molar-refractivity contribution in [2.45, 2.75) is 71.7 Å².